The number of aromatic nitrogens is 1. The van der Waals surface area contributed by atoms with Gasteiger partial charge in [-0.15, -0.1) is 0 Å². The molecule has 0 amide bonds. The number of hydrogen-bond acceptors (Lipinski definition) is 8. The molecule has 0 saturated heterocycles. The first kappa shape index (κ1) is 33.5. The summed E-state index contributed by atoms with van der Waals surface area (Å²) in [7, 11) is 0. The number of thiazole rings is 1. The first-order chi connectivity index (χ1) is 22.1. The fourth-order valence-corrected chi connectivity index (χ4v) is 7.05. The van der Waals surface area contributed by atoms with E-state index in [9.17, 15) is 9.59 Å². The van der Waals surface area contributed by atoms with Crippen LogP contribution in [0, 0.1) is 10.5 Å². The predicted octanol–water partition coefficient (Wildman–Crippen LogP) is 6.48. The minimum atomic E-state index is -0.774. The van der Waals surface area contributed by atoms with Gasteiger partial charge >= 0.3 is 5.97 Å². The van der Waals surface area contributed by atoms with Crippen molar-refractivity contribution < 1.29 is 23.7 Å². The van der Waals surface area contributed by atoms with Crippen molar-refractivity contribution in [3.8, 4) is 17.2 Å². The average Bonchev–Trinajstić information content (AvgIpc) is 3.31. The van der Waals surface area contributed by atoms with Gasteiger partial charge in [-0.25, -0.2) is 9.79 Å². The number of para-hydroxylation sites is 1. The molecule has 5 rings (SSSR count). The van der Waals surface area contributed by atoms with Gasteiger partial charge in [-0.05, 0) is 99.5 Å². The molecular formula is C36H37IN2O6S. The van der Waals surface area contributed by atoms with Crippen molar-refractivity contribution in [1.82, 2.24) is 4.57 Å². The monoisotopic (exact) mass is 752 g/mol. The molecule has 46 heavy (non-hydrogen) atoms. The number of hydrogen-bond donors (Lipinski definition) is 0. The molecule has 0 N–H and O–H groups in total. The minimum Gasteiger partial charge on any atom is -0.491 e. The van der Waals surface area contributed by atoms with E-state index in [4.69, 9.17) is 23.9 Å². The van der Waals surface area contributed by atoms with E-state index in [1.54, 1.807) is 18.4 Å². The molecule has 8 nitrogen and oxygen atoms in total. The second-order valence-electron chi connectivity index (χ2n) is 11.0. The molecule has 0 radical (unpaired) electrons. The van der Waals surface area contributed by atoms with E-state index in [-0.39, 0.29) is 18.3 Å². The zero-order valence-electron chi connectivity index (χ0n) is 26.8. The summed E-state index contributed by atoms with van der Waals surface area (Å²) in [6.45, 7) is 12.4. The Morgan fingerprint density at radius 3 is 2.46 bits per heavy atom. The van der Waals surface area contributed by atoms with Crippen LogP contribution in [0.25, 0.3) is 6.08 Å². The molecule has 1 aliphatic heterocycles. The van der Waals surface area contributed by atoms with Crippen LogP contribution in [-0.4, -0.2) is 29.9 Å². The third-order valence-electron chi connectivity index (χ3n) is 7.23. The maximum absolute atomic E-state index is 14.2. The van der Waals surface area contributed by atoms with E-state index in [2.05, 4.69) is 41.6 Å². The molecule has 0 aliphatic carbocycles. The first-order valence-electron chi connectivity index (χ1n) is 15.2. The Hall–Kier alpha value is -3.90. The quantitative estimate of drug-likeness (QED) is 0.129. The van der Waals surface area contributed by atoms with Crippen LogP contribution in [0.3, 0.4) is 0 Å². The number of halogens is 1. The minimum absolute atomic E-state index is 0.112. The Morgan fingerprint density at radius 1 is 1.02 bits per heavy atom. The number of carbonyl (C=O) groups excluding carboxylic acids is 1. The zero-order chi connectivity index (χ0) is 33.0. The number of esters is 1. The van der Waals surface area contributed by atoms with Gasteiger partial charge in [0.2, 0.25) is 0 Å². The average molecular weight is 753 g/mol. The van der Waals surface area contributed by atoms with E-state index in [0.29, 0.717) is 56.6 Å². The third-order valence-corrected chi connectivity index (χ3v) is 9.01. The maximum atomic E-state index is 14.2. The lowest BCUT2D eigenvalue weighted by Crippen LogP contribution is -2.40. The Kier molecular flexibility index (Phi) is 10.7. The summed E-state index contributed by atoms with van der Waals surface area (Å²) in [5.41, 5.74) is 4.25. The van der Waals surface area contributed by atoms with Crippen molar-refractivity contribution in [3.05, 3.63) is 117 Å². The molecule has 0 spiro atoms. The lowest BCUT2D eigenvalue weighted by Gasteiger charge is -2.26. The second-order valence-corrected chi connectivity index (χ2v) is 13.2. The van der Waals surface area contributed by atoms with Crippen LogP contribution in [0.4, 0.5) is 0 Å². The molecule has 0 fully saturated rings. The van der Waals surface area contributed by atoms with Crippen molar-refractivity contribution in [2.24, 2.45) is 4.99 Å². The zero-order valence-corrected chi connectivity index (χ0v) is 29.7. The Balaban J connectivity index is 1.61. The number of aryl methyl sites for hydroxylation is 1. The lowest BCUT2D eigenvalue weighted by molar-refractivity contribution is -0.139. The van der Waals surface area contributed by atoms with E-state index in [0.717, 1.165) is 14.7 Å². The van der Waals surface area contributed by atoms with E-state index in [1.807, 2.05) is 75.4 Å². The Labute approximate surface area is 286 Å². The van der Waals surface area contributed by atoms with Crippen LogP contribution in [0.15, 0.2) is 81.7 Å². The molecule has 2 heterocycles. The van der Waals surface area contributed by atoms with Crippen molar-refractivity contribution in [2.75, 3.05) is 13.2 Å². The molecule has 1 aliphatic rings. The third kappa shape index (κ3) is 7.23. The molecule has 240 valence electrons. The summed E-state index contributed by atoms with van der Waals surface area (Å²) >= 11 is 3.51. The SMILES string of the molecule is CCOC(=O)C1=C(C)N=c2s/c(=C/c3cc(I)c(OCc4ccc(C)cc4)c(OCC)c3)c(=O)n2[C@H]1c1ccccc1OC(C)C. The number of nitrogens with zero attached hydrogens (tertiary/aromatic N) is 2. The highest BCUT2D eigenvalue weighted by Gasteiger charge is 2.35. The molecule has 4 aromatic rings. The van der Waals surface area contributed by atoms with Crippen molar-refractivity contribution >= 4 is 46.0 Å². The fourth-order valence-electron chi connectivity index (χ4n) is 5.22. The van der Waals surface area contributed by atoms with Gasteiger partial charge in [0.25, 0.3) is 5.56 Å². The molecule has 10 heteroatoms. The number of rotatable bonds is 11. The number of allylic oxidation sites excluding steroid dienone is 1. The van der Waals surface area contributed by atoms with Gasteiger partial charge in [-0.3, -0.25) is 9.36 Å². The van der Waals surface area contributed by atoms with Gasteiger partial charge in [-0.1, -0.05) is 59.4 Å². The van der Waals surface area contributed by atoms with E-state index >= 15 is 0 Å². The first-order valence-corrected chi connectivity index (χ1v) is 17.1. The van der Waals surface area contributed by atoms with Crippen LogP contribution >= 0.6 is 33.9 Å². The summed E-state index contributed by atoms with van der Waals surface area (Å²) < 4.78 is 26.7. The largest absolute Gasteiger partial charge is 0.491 e. The highest BCUT2D eigenvalue weighted by atomic mass is 127. The van der Waals surface area contributed by atoms with E-state index < -0.39 is 12.0 Å². The summed E-state index contributed by atoms with van der Waals surface area (Å²) in [4.78, 5) is 32.8. The number of ether oxygens (including phenoxy) is 4. The van der Waals surface area contributed by atoms with Crippen LogP contribution in [-0.2, 0) is 16.1 Å². The molecule has 0 saturated carbocycles. The van der Waals surface area contributed by atoms with Gasteiger partial charge in [0.15, 0.2) is 16.3 Å². The van der Waals surface area contributed by atoms with Gasteiger partial charge in [0.05, 0.1) is 38.7 Å². The summed E-state index contributed by atoms with van der Waals surface area (Å²) in [5, 5.41) is 0. The highest BCUT2D eigenvalue weighted by molar-refractivity contribution is 14.1. The summed E-state index contributed by atoms with van der Waals surface area (Å²) in [6, 6.07) is 18.8. The molecule has 0 bridgehead atoms. The van der Waals surface area contributed by atoms with Crippen molar-refractivity contribution in [1.29, 1.82) is 0 Å². The van der Waals surface area contributed by atoms with Gasteiger partial charge < -0.3 is 18.9 Å². The van der Waals surface area contributed by atoms with Crippen LogP contribution in [0.2, 0.25) is 0 Å². The summed E-state index contributed by atoms with van der Waals surface area (Å²) in [5.74, 6) is 1.32. The molecule has 1 atom stereocenters. The van der Waals surface area contributed by atoms with Crippen LogP contribution in [0.1, 0.15) is 62.9 Å². The Bertz CT molecular complexity index is 1960. The number of carbonyl (C=O) groups is 1. The Morgan fingerprint density at radius 2 is 1.76 bits per heavy atom. The highest BCUT2D eigenvalue weighted by Crippen LogP contribution is 2.37. The summed E-state index contributed by atoms with van der Waals surface area (Å²) in [6.07, 6.45) is 1.72. The van der Waals surface area contributed by atoms with Crippen molar-refractivity contribution in [3.63, 3.8) is 0 Å². The topological polar surface area (TPSA) is 88.4 Å². The number of fused-ring (bicyclic) bond motifs is 1. The van der Waals surface area contributed by atoms with Crippen LogP contribution in [0.5, 0.6) is 17.2 Å². The molecule has 3 aromatic carbocycles. The number of benzene rings is 3. The molecule has 0 unspecified atom stereocenters. The lowest BCUT2D eigenvalue weighted by atomic mass is 9.95. The smallest absolute Gasteiger partial charge is 0.338 e. The van der Waals surface area contributed by atoms with Gasteiger partial charge in [0.1, 0.15) is 18.4 Å². The predicted molar refractivity (Wildman–Crippen MR) is 188 cm³/mol. The van der Waals surface area contributed by atoms with Crippen molar-refractivity contribution in [2.45, 2.75) is 60.3 Å². The second kappa shape index (κ2) is 14.7. The van der Waals surface area contributed by atoms with Crippen LogP contribution < -0.4 is 29.1 Å². The van der Waals surface area contributed by atoms with Gasteiger partial charge in [-0.2, -0.15) is 0 Å². The fraction of sp³-hybridized carbons (Fsp3) is 0.306. The van der Waals surface area contributed by atoms with Gasteiger partial charge in [0, 0.05) is 5.56 Å². The molecular weight excluding hydrogens is 715 g/mol. The van der Waals surface area contributed by atoms with E-state index in [1.165, 1.54) is 16.9 Å². The molecule has 1 aromatic heterocycles. The maximum Gasteiger partial charge on any atom is 0.338 e. The normalized spacial score (nSPS) is 14.6. The standard InChI is InChI=1S/C36H37IN2O6S/c1-7-42-29-18-25(17-27(37)33(29)44-20-24-15-13-22(5)14-16-24)19-30-34(40)39-32(26-11-9-10-12-28(26)45-21(3)4)31(35(41)43-8-2)23(6)38-36(39)46-30/h9-19,21,32H,7-8,20H2,1-6H3/b30-19+/t32-/m0/s1.